The van der Waals surface area contributed by atoms with Gasteiger partial charge in [-0.2, -0.15) is 5.26 Å². The lowest BCUT2D eigenvalue weighted by atomic mass is 10.0. The molecule has 0 saturated heterocycles. The molecule has 0 radical (unpaired) electrons. The van der Waals surface area contributed by atoms with Crippen molar-refractivity contribution in [2.75, 3.05) is 0 Å². The van der Waals surface area contributed by atoms with Crippen molar-refractivity contribution in [3.8, 4) is 11.8 Å². The summed E-state index contributed by atoms with van der Waals surface area (Å²) in [6.45, 7) is 7.69. The van der Waals surface area contributed by atoms with Gasteiger partial charge in [0, 0.05) is 34.4 Å². The minimum absolute atomic E-state index is 0.0832. The number of benzene rings is 1. The molecule has 3 aromatic rings. The number of halogens is 1. The van der Waals surface area contributed by atoms with Gasteiger partial charge in [0.1, 0.15) is 17.5 Å². The lowest BCUT2D eigenvalue weighted by molar-refractivity contribution is 0.103. The quantitative estimate of drug-likeness (QED) is 0.309. The van der Waals surface area contributed by atoms with Crippen molar-refractivity contribution in [3.63, 3.8) is 0 Å². The minimum atomic E-state index is -0.359. The van der Waals surface area contributed by atoms with E-state index >= 15 is 0 Å². The van der Waals surface area contributed by atoms with E-state index in [1.165, 1.54) is 18.9 Å². The number of aryl methyl sites for hydroxylation is 2. The van der Waals surface area contributed by atoms with Gasteiger partial charge >= 0.3 is 0 Å². The molecule has 2 aromatic heterocycles. The third-order valence-corrected chi connectivity index (χ3v) is 5.87. The SMILES string of the molecule is Cc1cc(C(=O)/C(C#N)=C/c2cc(C)n(C3CC3)c2C)c(C)n1-c1ccccc1F. The lowest BCUT2D eigenvalue weighted by Gasteiger charge is -2.10. The average molecular weight is 401 g/mol. The van der Waals surface area contributed by atoms with Crippen molar-refractivity contribution < 1.29 is 9.18 Å². The smallest absolute Gasteiger partial charge is 0.205 e. The molecule has 1 aliphatic rings. The highest BCUT2D eigenvalue weighted by molar-refractivity contribution is 6.15. The predicted molar refractivity (Wildman–Crippen MR) is 115 cm³/mol. The van der Waals surface area contributed by atoms with E-state index in [0.29, 0.717) is 23.0 Å². The molecule has 0 N–H and O–H groups in total. The molecule has 2 heterocycles. The van der Waals surface area contributed by atoms with Crippen molar-refractivity contribution in [3.05, 3.63) is 81.7 Å². The summed E-state index contributed by atoms with van der Waals surface area (Å²) in [4.78, 5) is 13.2. The van der Waals surface area contributed by atoms with Gasteiger partial charge in [-0.25, -0.2) is 4.39 Å². The van der Waals surface area contributed by atoms with E-state index in [1.54, 1.807) is 41.8 Å². The first-order valence-corrected chi connectivity index (χ1v) is 10.1. The van der Waals surface area contributed by atoms with E-state index in [1.807, 2.05) is 19.9 Å². The Morgan fingerprint density at radius 1 is 1.10 bits per heavy atom. The molecule has 1 aliphatic carbocycles. The standard InChI is InChI=1S/C25H24FN3O/c1-15-11-19(17(3)28(15)21-9-10-21)13-20(14-27)25(30)22-12-16(2)29(18(22)4)24-8-6-5-7-23(24)26/h5-8,11-13,21H,9-10H2,1-4H3/b20-13+. The number of rotatable bonds is 5. The fourth-order valence-corrected chi connectivity index (χ4v) is 4.29. The third-order valence-electron chi connectivity index (χ3n) is 5.87. The fraction of sp³-hybridized carbons (Fsp3) is 0.280. The second kappa shape index (κ2) is 7.46. The van der Waals surface area contributed by atoms with Gasteiger partial charge in [-0.1, -0.05) is 12.1 Å². The van der Waals surface area contributed by atoms with Crippen LogP contribution in [-0.2, 0) is 0 Å². The summed E-state index contributed by atoms with van der Waals surface area (Å²) in [7, 11) is 0. The number of carbonyl (C=O) groups excluding carboxylic acids is 1. The van der Waals surface area contributed by atoms with E-state index in [2.05, 4.69) is 17.6 Å². The van der Waals surface area contributed by atoms with Gasteiger partial charge in [0.15, 0.2) is 0 Å². The van der Waals surface area contributed by atoms with E-state index in [4.69, 9.17) is 0 Å². The molecule has 1 saturated carbocycles. The zero-order valence-electron chi connectivity index (χ0n) is 17.7. The maximum Gasteiger partial charge on any atom is 0.205 e. The third kappa shape index (κ3) is 3.29. The molecule has 0 amide bonds. The first-order valence-electron chi connectivity index (χ1n) is 10.1. The first-order chi connectivity index (χ1) is 14.3. The van der Waals surface area contributed by atoms with Gasteiger partial charge in [-0.3, -0.25) is 4.79 Å². The number of ketones is 1. The van der Waals surface area contributed by atoms with Crippen LogP contribution in [0.15, 0.2) is 42.0 Å². The van der Waals surface area contributed by atoms with Crippen LogP contribution in [0, 0.1) is 44.8 Å². The number of carbonyl (C=O) groups is 1. The number of allylic oxidation sites excluding steroid dienone is 1. The largest absolute Gasteiger partial charge is 0.346 e. The molecule has 0 unspecified atom stereocenters. The van der Waals surface area contributed by atoms with Crippen LogP contribution in [0.3, 0.4) is 0 Å². The monoisotopic (exact) mass is 401 g/mol. The van der Waals surface area contributed by atoms with Crippen LogP contribution < -0.4 is 0 Å². The van der Waals surface area contributed by atoms with Crippen molar-refractivity contribution >= 4 is 11.9 Å². The fourth-order valence-electron chi connectivity index (χ4n) is 4.29. The van der Waals surface area contributed by atoms with Crippen LogP contribution in [0.25, 0.3) is 11.8 Å². The Morgan fingerprint density at radius 2 is 1.80 bits per heavy atom. The summed E-state index contributed by atoms with van der Waals surface area (Å²) < 4.78 is 18.3. The summed E-state index contributed by atoms with van der Waals surface area (Å²) in [6.07, 6.45) is 4.02. The van der Waals surface area contributed by atoms with Crippen LogP contribution in [0.5, 0.6) is 0 Å². The van der Waals surface area contributed by atoms with E-state index in [-0.39, 0.29) is 17.2 Å². The Bertz CT molecular complexity index is 1230. The summed E-state index contributed by atoms with van der Waals surface area (Å²) in [5.41, 5.74) is 5.36. The molecule has 4 nitrogen and oxygen atoms in total. The molecule has 152 valence electrons. The Hall–Kier alpha value is -3.39. The number of Topliss-reactive ketones (excluding diaryl/α,β-unsaturated/α-hetero) is 1. The zero-order valence-corrected chi connectivity index (χ0v) is 17.7. The Morgan fingerprint density at radius 3 is 2.43 bits per heavy atom. The number of nitrogens with zero attached hydrogens (tertiary/aromatic N) is 3. The minimum Gasteiger partial charge on any atom is -0.346 e. The second-order valence-corrected chi connectivity index (χ2v) is 8.00. The molecule has 0 spiro atoms. The topological polar surface area (TPSA) is 50.7 Å². The van der Waals surface area contributed by atoms with Crippen LogP contribution in [0.4, 0.5) is 4.39 Å². The van der Waals surface area contributed by atoms with Crippen molar-refractivity contribution in [2.45, 2.75) is 46.6 Å². The van der Waals surface area contributed by atoms with Crippen molar-refractivity contribution in [2.24, 2.45) is 0 Å². The summed E-state index contributed by atoms with van der Waals surface area (Å²) in [5.74, 6) is -0.703. The van der Waals surface area contributed by atoms with E-state index in [0.717, 1.165) is 22.6 Å². The maximum absolute atomic E-state index is 14.3. The van der Waals surface area contributed by atoms with Gasteiger partial charge in [-0.05, 0) is 76.4 Å². The molecule has 0 bridgehead atoms. The number of para-hydroxylation sites is 1. The first kappa shape index (κ1) is 19.9. The highest BCUT2D eigenvalue weighted by Crippen LogP contribution is 2.38. The molecular formula is C25H24FN3O. The number of hydrogen-bond acceptors (Lipinski definition) is 2. The normalized spacial score (nSPS) is 14.1. The van der Waals surface area contributed by atoms with Crippen molar-refractivity contribution in [1.82, 2.24) is 9.13 Å². The van der Waals surface area contributed by atoms with Gasteiger partial charge in [-0.15, -0.1) is 0 Å². The molecule has 1 aromatic carbocycles. The molecule has 0 atom stereocenters. The Kier molecular flexibility index (Phi) is 4.95. The maximum atomic E-state index is 14.3. The summed E-state index contributed by atoms with van der Waals surface area (Å²) >= 11 is 0. The number of aromatic nitrogens is 2. The van der Waals surface area contributed by atoms with Gasteiger partial charge in [0.25, 0.3) is 0 Å². The molecule has 1 fully saturated rings. The highest BCUT2D eigenvalue weighted by Gasteiger charge is 2.27. The van der Waals surface area contributed by atoms with E-state index < -0.39 is 0 Å². The number of nitriles is 1. The highest BCUT2D eigenvalue weighted by atomic mass is 19.1. The zero-order chi connectivity index (χ0) is 21.6. The van der Waals surface area contributed by atoms with Crippen molar-refractivity contribution in [1.29, 1.82) is 5.26 Å². The number of hydrogen-bond donors (Lipinski definition) is 0. The Balaban J connectivity index is 1.75. The predicted octanol–water partition coefficient (Wildman–Crippen LogP) is 5.78. The summed E-state index contributed by atoms with van der Waals surface area (Å²) in [6, 6.07) is 12.8. The van der Waals surface area contributed by atoms with Crippen LogP contribution in [0.1, 0.15) is 57.6 Å². The average Bonchev–Trinajstić information content (AvgIpc) is 3.44. The lowest BCUT2D eigenvalue weighted by Crippen LogP contribution is -2.06. The molecular weight excluding hydrogens is 377 g/mol. The second-order valence-electron chi connectivity index (χ2n) is 8.00. The van der Waals surface area contributed by atoms with E-state index in [9.17, 15) is 14.4 Å². The van der Waals surface area contributed by atoms with Gasteiger partial charge in [0.05, 0.1) is 5.69 Å². The molecule has 0 aliphatic heterocycles. The Labute approximate surface area is 175 Å². The molecule has 30 heavy (non-hydrogen) atoms. The molecule has 5 heteroatoms. The van der Waals surface area contributed by atoms with Crippen LogP contribution in [-0.4, -0.2) is 14.9 Å². The summed E-state index contributed by atoms with van der Waals surface area (Å²) in [5, 5.41) is 9.72. The molecule has 4 rings (SSSR count). The van der Waals surface area contributed by atoms with Crippen LogP contribution in [0.2, 0.25) is 0 Å². The van der Waals surface area contributed by atoms with Crippen LogP contribution >= 0.6 is 0 Å². The van der Waals surface area contributed by atoms with Gasteiger partial charge < -0.3 is 9.13 Å². The van der Waals surface area contributed by atoms with Gasteiger partial charge in [0.2, 0.25) is 5.78 Å².